The Morgan fingerprint density at radius 1 is 1.16 bits per heavy atom. The molecule has 1 aliphatic rings. The maximum atomic E-state index is 14.0. The number of hydrogen-bond acceptors (Lipinski definition) is 8. The molecule has 32 heavy (non-hydrogen) atoms. The number of esters is 1. The number of carbonyl (C=O) groups excluding carboxylic acids is 2. The lowest BCUT2D eigenvalue weighted by atomic mass is 10.2. The van der Waals surface area contributed by atoms with Gasteiger partial charge in [-0.25, -0.2) is 22.6 Å². The largest absolute Gasteiger partial charge is 0.465 e. The number of benzene rings is 1. The number of piperazine rings is 1. The number of amides is 1. The van der Waals surface area contributed by atoms with Crippen LogP contribution < -0.4 is 0 Å². The Balaban J connectivity index is 1.42. The maximum absolute atomic E-state index is 14.0. The summed E-state index contributed by atoms with van der Waals surface area (Å²) < 4.78 is 45.7. The minimum Gasteiger partial charge on any atom is -0.465 e. The highest BCUT2D eigenvalue weighted by molar-refractivity contribution is 7.91. The first kappa shape index (κ1) is 22.5. The first-order valence-electron chi connectivity index (χ1n) is 9.48. The van der Waals surface area contributed by atoms with E-state index in [1.165, 1.54) is 35.1 Å². The Kier molecular flexibility index (Phi) is 6.38. The van der Waals surface area contributed by atoms with E-state index < -0.39 is 21.8 Å². The van der Waals surface area contributed by atoms with E-state index >= 15 is 0 Å². The third-order valence-electron chi connectivity index (χ3n) is 4.94. The zero-order chi connectivity index (χ0) is 22.9. The van der Waals surface area contributed by atoms with Gasteiger partial charge in [0.2, 0.25) is 0 Å². The van der Waals surface area contributed by atoms with Crippen molar-refractivity contribution in [2.45, 2.75) is 4.21 Å². The fourth-order valence-electron chi connectivity index (χ4n) is 3.22. The molecule has 0 spiro atoms. The summed E-state index contributed by atoms with van der Waals surface area (Å²) in [5.41, 5.74) is 0.510. The predicted octanol–water partition coefficient (Wildman–Crippen LogP) is 2.94. The number of sulfonamides is 1. The van der Waals surface area contributed by atoms with Crippen LogP contribution in [0.1, 0.15) is 20.0 Å². The Morgan fingerprint density at radius 3 is 2.56 bits per heavy atom. The van der Waals surface area contributed by atoms with Crippen LogP contribution in [0, 0.1) is 5.82 Å². The summed E-state index contributed by atoms with van der Waals surface area (Å²) in [5, 5.41) is 1.85. The van der Waals surface area contributed by atoms with E-state index in [-0.39, 0.29) is 41.9 Å². The van der Waals surface area contributed by atoms with E-state index in [4.69, 9.17) is 0 Å². The number of aromatic nitrogens is 1. The van der Waals surface area contributed by atoms with Crippen molar-refractivity contribution in [3.05, 3.63) is 58.2 Å². The molecule has 3 heterocycles. The molecular weight excluding hydrogens is 477 g/mol. The van der Waals surface area contributed by atoms with E-state index in [0.29, 0.717) is 15.4 Å². The normalized spacial score (nSPS) is 15.0. The zero-order valence-electron chi connectivity index (χ0n) is 16.9. The van der Waals surface area contributed by atoms with E-state index in [1.54, 1.807) is 23.1 Å². The molecule has 1 fully saturated rings. The summed E-state index contributed by atoms with van der Waals surface area (Å²) in [6, 6.07) is 7.51. The number of nitrogens with zero attached hydrogens (tertiary/aromatic N) is 3. The molecule has 1 amide bonds. The van der Waals surface area contributed by atoms with Gasteiger partial charge in [0, 0.05) is 37.1 Å². The molecule has 2 aromatic heterocycles. The topological polar surface area (TPSA) is 96.9 Å². The number of ether oxygens (including phenoxy) is 1. The molecule has 0 unspecified atom stereocenters. The van der Waals surface area contributed by atoms with Crippen LogP contribution in [0.2, 0.25) is 0 Å². The lowest BCUT2D eigenvalue weighted by molar-refractivity contribution is 0.0600. The fraction of sp³-hybridized carbons (Fsp3) is 0.250. The van der Waals surface area contributed by atoms with Crippen molar-refractivity contribution in [2.75, 3.05) is 33.3 Å². The number of thiophene rings is 1. The van der Waals surface area contributed by atoms with Crippen molar-refractivity contribution in [2.24, 2.45) is 0 Å². The minimum absolute atomic E-state index is 0.0506. The SMILES string of the molecule is COC(=O)c1csc(S(=O)(=O)N2CCN(C(=O)c3cnc(-c4ccccc4F)s3)CC2)c1. The molecule has 0 atom stereocenters. The van der Waals surface area contributed by atoms with Gasteiger partial charge in [0.15, 0.2) is 0 Å². The number of methoxy groups -OCH3 is 1. The Bertz CT molecular complexity index is 1260. The molecule has 1 saturated heterocycles. The van der Waals surface area contributed by atoms with Gasteiger partial charge in [-0.15, -0.1) is 22.7 Å². The van der Waals surface area contributed by atoms with Crippen LogP contribution in [0.25, 0.3) is 10.6 Å². The first-order chi connectivity index (χ1) is 15.3. The van der Waals surface area contributed by atoms with Crippen molar-refractivity contribution >= 4 is 44.6 Å². The summed E-state index contributed by atoms with van der Waals surface area (Å²) in [5.74, 6) is -1.28. The van der Waals surface area contributed by atoms with Crippen LogP contribution in [0.4, 0.5) is 4.39 Å². The van der Waals surface area contributed by atoms with Crippen LogP contribution in [0.15, 0.2) is 46.1 Å². The van der Waals surface area contributed by atoms with Crippen molar-refractivity contribution in [1.29, 1.82) is 0 Å². The van der Waals surface area contributed by atoms with Gasteiger partial charge < -0.3 is 9.64 Å². The van der Waals surface area contributed by atoms with Crippen LogP contribution >= 0.6 is 22.7 Å². The van der Waals surface area contributed by atoms with Gasteiger partial charge in [-0.05, 0) is 18.2 Å². The smallest absolute Gasteiger partial charge is 0.338 e. The van der Waals surface area contributed by atoms with Gasteiger partial charge in [-0.1, -0.05) is 12.1 Å². The Labute approximate surface area is 191 Å². The maximum Gasteiger partial charge on any atom is 0.338 e. The number of hydrogen-bond donors (Lipinski definition) is 0. The molecule has 1 aromatic carbocycles. The minimum atomic E-state index is -3.78. The highest BCUT2D eigenvalue weighted by Crippen LogP contribution is 2.29. The predicted molar refractivity (Wildman–Crippen MR) is 118 cm³/mol. The highest BCUT2D eigenvalue weighted by Gasteiger charge is 2.32. The molecule has 4 rings (SSSR count). The quantitative estimate of drug-likeness (QED) is 0.505. The van der Waals surface area contributed by atoms with E-state index in [0.717, 1.165) is 22.7 Å². The first-order valence-corrected chi connectivity index (χ1v) is 12.6. The van der Waals surface area contributed by atoms with Crippen LogP contribution in [0.3, 0.4) is 0 Å². The molecule has 3 aromatic rings. The molecule has 8 nitrogen and oxygen atoms in total. The molecule has 0 N–H and O–H groups in total. The second-order valence-corrected chi connectivity index (χ2v) is 11.0. The van der Waals surface area contributed by atoms with Crippen molar-refractivity contribution < 1.29 is 27.1 Å². The number of thiazole rings is 1. The lowest BCUT2D eigenvalue weighted by Gasteiger charge is -2.33. The van der Waals surface area contributed by atoms with Gasteiger partial charge in [0.05, 0.1) is 18.9 Å². The molecule has 1 aliphatic heterocycles. The second-order valence-electron chi connectivity index (χ2n) is 6.85. The number of rotatable bonds is 5. The van der Waals surface area contributed by atoms with E-state index in [2.05, 4.69) is 9.72 Å². The molecule has 0 saturated carbocycles. The van der Waals surface area contributed by atoms with Gasteiger partial charge in [0.25, 0.3) is 15.9 Å². The second kappa shape index (κ2) is 9.06. The molecule has 12 heteroatoms. The van der Waals surface area contributed by atoms with Gasteiger partial charge in [-0.2, -0.15) is 4.31 Å². The summed E-state index contributed by atoms with van der Waals surface area (Å²) in [7, 11) is -2.55. The van der Waals surface area contributed by atoms with Gasteiger partial charge >= 0.3 is 5.97 Å². The zero-order valence-corrected chi connectivity index (χ0v) is 19.3. The number of halogens is 1. The third kappa shape index (κ3) is 4.31. The molecule has 0 aliphatic carbocycles. The van der Waals surface area contributed by atoms with Gasteiger partial charge in [-0.3, -0.25) is 4.79 Å². The van der Waals surface area contributed by atoms with Crippen molar-refractivity contribution in [3.8, 4) is 10.6 Å². The third-order valence-corrected chi connectivity index (χ3v) is 9.27. The molecule has 168 valence electrons. The monoisotopic (exact) mass is 495 g/mol. The van der Waals surface area contributed by atoms with Crippen molar-refractivity contribution in [1.82, 2.24) is 14.2 Å². The average molecular weight is 496 g/mol. The summed E-state index contributed by atoms with van der Waals surface area (Å²) in [4.78, 5) is 30.5. The average Bonchev–Trinajstić information content (AvgIpc) is 3.49. The molecule has 0 bridgehead atoms. The Hall–Kier alpha value is -2.67. The highest BCUT2D eigenvalue weighted by atomic mass is 32.2. The van der Waals surface area contributed by atoms with Crippen LogP contribution in [-0.2, 0) is 14.8 Å². The molecular formula is C20H18FN3O5S3. The van der Waals surface area contributed by atoms with Crippen LogP contribution in [0.5, 0.6) is 0 Å². The van der Waals surface area contributed by atoms with E-state index in [1.807, 2.05) is 0 Å². The standard InChI is InChI=1S/C20H18FN3O5S3/c1-29-20(26)13-10-17(30-12-13)32(27,28)24-8-6-23(7-9-24)19(25)16-11-22-18(31-16)14-4-2-3-5-15(14)21/h2-5,10-12H,6-9H2,1H3. The van der Waals surface area contributed by atoms with Gasteiger partial charge in [0.1, 0.15) is 19.9 Å². The van der Waals surface area contributed by atoms with Crippen molar-refractivity contribution in [3.63, 3.8) is 0 Å². The lowest BCUT2D eigenvalue weighted by Crippen LogP contribution is -2.50. The van der Waals surface area contributed by atoms with E-state index in [9.17, 15) is 22.4 Å². The number of carbonyl (C=O) groups is 2. The molecule has 0 radical (unpaired) electrons. The summed E-state index contributed by atoms with van der Waals surface area (Å²) in [6.07, 6.45) is 1.41. The summed E-state index contributed by atoms with van der Waals surface area (Å²) >= 11 is 2.05. The summed E-state index contributed by atoms with van der Waals surface area (Å²) in [6.45, 7) is 0.664. The Morgan fingerprint density at radius 2 is 1.88 bits per heavy atom. The van der Waals surface area contributed by atoms with Crippen LogP contribution in [-0.4, -0.2) is 67.8 Å². The fourth-order valence-corrected chi connectivity index (χ4v) is 6.86.